The summed E-state index contributed by atoms with van der Waals surface area (Å²) in [5, 5.41) is 18.5. The van der Waals surface area contributed by atoms with Crippen molar-refractivity contribution in [2.75, 3.05) is 11.9 Å². The Morgan fingerprint density at radius 3 is 2.62 bits per heavy atom. The van der Waals surface area contributed by atoms with E-state index in [9.17, 15) is 9.65 Å². The van der Waals surface area contributed by atoms with Crippen molar-refractivity contribution in [3.63, 3.8) is 0 Å². The number of hydrogen-bond donors (Lipinski definition) is 1. The molecule has 32 heavy (non-hydrogen) atoms. The highest BCUT2D eigenvalue weighted by molar-refractivity contribution is 5.94. The molecular weight excluding hydrogens is 409 g/mol. The first-order chi connectivity index (χ1) is 15.7. The van der Waals surface area contributed by atoms with E-state index in [-0.39, 0.29) is 17.4 Å². The van der Waals surface area contributed by atoms with Crippen LogP contribution >= 0.6 is 0 Å². The predicted octanol–water partition coefficient (Wildman–Crippen LogP) is 5.21. The average molecular weight is 425 g/mol. The Balaban J connectivity index is 1.31. The summed E-state index contributed by atoms with van der Waals surface area (Å²) in [7, 11) is 0. The third-order valence-electron chi connectivity index (χ3n) is 4.95. The van der Waals surface area contributed by atoms with Gasteiger partial charge in [-0.3, -0.25) is 0 Å². The standard InChI is InChI=1S/C24H16FN5O2/c25-17-10-8-16(9-11-17)22-29-21(32-30-22)12-13-27-24-20(14-26)28-23(31-24)19-7-3-5-15-4-1-2-6-18(15)19/h1-11,27H,12-13H2. The van der Waals surface area contributed by atoms with Crippen LogP contribution in [0.3, 0.4) is 0 Å². The van der Waals surface area contributed by atoms with Gasteiger partial charge < -0.3 is 14.3 Å². The van der Waals surface area contributed by atoms with Crippen molar-refractivity contribution in [3.05, 3.63) is 84.1 Å². The Kier molecular flexibility index (Phi) is 5.06. The molecule has 0 atom stereocenters. The number of halogens is 1. The first kappa shape index (κ1) is 19.5. The molecule has 156 valence electrons. The monoisotopic (exact) mass is 425 g/mol. The Bertz CT molecular complexity index is 1430. The normalized spacial score (nSPS) is 10.9. The Morgan fingerprint density at radius 2 is 1.78 bits per heavy atom. The summed E-state index contributed by atoms with van der Waals surface area (Å²) in [6.45, 7) is 0.393. The summed E-state index contributed by atoms with van der Waals surface area (Å²) in [5.41, 5.74) is 1.65. The summed E-state index contributed by atoms with van der Waals surface area (Å²) in [6.07, 6.45) is 0.406. The molecule has 0 radical (unpaired) electrons. The fourth-order valence-electron chi connectivity index (χ4n) is 3.40. The van der Waals surface area contributed by atoms with Crippen LogP contribution in [-0.4, -0.2) is 21.7 Å². The van der Waals surface area contributed by atoms with Gasteiger partial charge in [0, 0.05) is 24.1 Å². The van der Waals surface area contributed by atoms with Crippen molar-refractivity contribution in [1.82, 2.24) is 15.1 Å². The Hall–Kier alpha value is -4.51. The first-order valence-electron chi connectivity index (χ1n) is 9.93. The maximum atomic E-state index is 13.1. The van der Waals surface area contributed by atoms with Crippen LogP contribution in [0.15, 0.2) is 75.7 Å². The van der Waals surface area contributed by atoms with Crippen molar-refractivity contribution in [3.8, 4) is 28.9 Å². The maximum absolute atomic E-state index is 13.1. The van der Waals surface area contributed by atoms with Gasteiger partial charge in [-0.2, -0.15) is 15.2 Å². The lowest BCUT2D eigenvalue weighted by atomic mass is 10.0. The van der Waals surface area contributed by atoms with Crippen molar-refractivity contribution < 1.29 is 13.3 Å². The molecule has 0 saturated heterocycles. The second-order valence-corrected chi connectivity index (χ2v) is 7.03. The molecule has 1 N–H and O–H groups in total. The number of oxazole rings is 1. The highest BCUT2D eigenvalue weighted by atomic mass is 19.1. The molecule has 5 aromatic rings. The van der Waals surface area contributed by atoms with E-state index in [1.54, 1.807) is 12.1 Å². The van der Waals surface area contributed by atoms with Gasteiger partial charge in [0.1, 0.15) is 11.9 Å². The van der Waals surface area contributed by atoms with E-state index in [1.807, 2.05) is 42.5 Å². The predicted molar refractivity (Wildman–Crippen MR) is 116 cm³/mol. The van der Waals surface area contributed by atoms with E-state index >= 15 is 0 Å². The van der Waals surface area contributed by atoms with Gasteiger partial charge >= 0.3 is 0 Å². The molecule has 7 nitrogen and oxygen atoms in total. The number of anilines is 1. The SMILES string of the molecule is N#Cc1nc(-c2cccc3ccccc23)oc1NCCc1nc(-c2ccc(F)cc2)no1. The molecule has 0 aliphatic heterocycles. The smallest absolute Gasteiger partial charge is 0.232 e. The largest absolute Gasteiger partial charge is 0.419 e. The van der Waals surface area contributed by atoms with E-state index in [2.05, 4.69) is 26.5 Å². The average Bonchev–Trinajstić information content (AvgIpc) is 3.46. The molecule has 5 rings (SSSR count). The van der Waals surface area contributed by atoms with E-state index in [0.29, 0.717) is 36.1 Å². The molecule has 2 aromatic heterocycles. The molecule has 0 spiro atoms. The van der Waals surface area contributed by atoms with E-state index < -0.39 is 0 Å². The number of fused-ring (bicyclic) bond motifs is 1. The Morgan fingerprint density at radius 1 is 0.969 bits per heavy atom. The summed E-state index contributed by atoms with van der Waals surface area (Å²) < 4.78 is 24.2. The molecule has 0 saturated carbocycles. The fourth-order valence-corrected chi connectivity index (χ4v) is 3.40. The van der Waals surface area contributed by atoms with Crippen molar-refractivity contribution in [1.29, 1.82) is 5.26 Å². The molecule has 0 amide bonds. The number of nitrogens with one attached hydrogen (secondary N) is 1. The van der Waals surface area contributed by atoms with Crippen LogP contribution in [-0.2, 0) is 6.42 Å². The number of hydrogen-bond acceptors (Lipinski definition) is 7. The zero-order valence-electron chi connectivity index (χ0n) is 16.7. The van der Waals surface area contributed by atoms with Gasteiger partial charge in [0.05, 0.1) is 0 Å². The van der Waals surface area contributed by atoms with Gasteiger partial charge in [0.2, 0.25) is 29.2 Å². The van der Waals surface area contributed by atoms with Gasteiger partial charge in [-0.15, -0.1) is 0 Å². The number of rotatable bonds is 6. The molecule has 3 aromatic carbocycles. The first-order valence-corrected chi connectivity index (χ1v) is 9.93. The zero-order chi connectivity index (χ0) is 21.9. The molecule has 0 fully saturated rings. The lowest BCUT2D eigenvalue weighted by Crippen LogP contribution is -2.05. The fraction of sp³-hybridized carbons (Fsp3) is 0.0833. The molecule has 0 bridgehead atoms. The highest BCUT2D eigenvalue weighted by Gasteiger charge is 2.16. The number of nitrogens with zero attached hydrogens (tertiary/aromatic N) is 4. The van der Waals surface area contributed by atoms with Gasteiger partial charge in [-0.05, 0) is 41.1 Å². The number of aromatic nitrogens is 3. The molecule has 0 aliphatic rings. The molecular formula is C24H16FN5O2. The second kappa shape index (κ2) is 8.32. The lowest BCUT2D eigenvalue weighted by Gasteiger charge is -2.03. The number of benzene rings is 3. The summed E-state index contributed by atoms with van der Waals surface area (Å²) in [6, 6.07) is 21.7. The third kappa shape index (κ3) is 3.79. The minimum absolute atomic E-state index is 0.172. The summed E-state index contributed by atoms with van der Waals surface area (Å²) in [5.74, 6) is 1.12. The van der Waals surface area contributed by atoms with Gasteiger partial charge in [0.15, 0.2) is 0 Å². The molecule has 0 unspecified atom stereocenters. The maximum Gasteiger partial charge on any atom is 0.232 e. The topological polar surface area (TPSA) is 101 Å². The molecule has 0 aliphatic carbocycles. The third-order valence-corrected chi connectivity index (χ3v) is 4.95. The van der Waals surface area contributed by atoms with Gasteiger partial charge in [-0.1, -0.05) is 41.6 Å². The lowest BCUT2D eigenvalue weighted by molar-refractivity contribution is 0.381. The zero-order valence-corrected chi connectivity index (χ0v) is 16.7. The Labute approximate surface area is 182 Å². The van der Waals surface area contributed by atoms with Crippen molar-refractivity contribution >= 4 is 16.7 Å². The second-order valence-electron chi connectivity index (χ2n) is 7.03. The highest BCUT2D eigenvalue weighted by Crippen LogP contribution is 2.31. The van der Waals surface area contributed by atoms with Crippen LogP contribution in [0.25, 0.3) is 33.6 Å². The summed E-state index contributed by atoms with van der Waals surface area (Å²) in [4.78, 5) is 8.67. The van der Waals surface area contributed by atoms with E-state index in [0.717, 1.165) is 16.3 Å². The van der Waals surface area contributed by atoms with E-state index in [4.69, 9.17) is 8.94 Å². The quantitative estimate of drug-likeness (QED) is 0.398. The van der Waals surface area contributed by atoms with Crippen LogP contribution in [0.5, 0.6) is 0 Å². The number of nitriles is 1. The van der Waals surface area contributed by atoms with Crippen LogP contribution in [0, 0.1) is 17.1 Å². The minimum atomic E-state index is -0.329. The van der Waals surface area contributed by atoms with Crippen LogP contribution in [0.2, 0.25) is 0 Å². The van der Waals surface area contributed by atoms with Gasteiger partial charge in [-0.25, -0.2) is 4.39 Å². The van der Waals surface area contributed by atoms with Crippen LogP contribution < -0.4 is 5.32 Å². The summed E-state index contributed by atoms with van der Waals surface area (Å²) >= 11 is 0. The van der Waals surface area contributed by atoms with E-state index in [1.165, 1.54) is 12.1 Å². The minimum Gasteiger partial charge on any atom is -0.419 e. The van der Waals surface area contributed by atoms with Crippen molar-refractivity contribution in [2.45, 2.75) is 6.42 Å². The molecule has 8 heteroatoms. The van der Waals surface area contributed by atoms with Crippen LogP contribution in [0.4, 0.5) is 10.3 Å². The van der Waals surface area contributed by atoms with Crippen molar-refractivity contribution in [2.24, 2.45) is 0 Å². The van der Waals surface area contributed by atoms with Crippen LogP contribution in [0.1, 0.15) is 11.6 Å². The van der Waals surface area contributed by atoms with Gasteiger partial charge in [0.25, 0.3) is 0 Å². The molecule has 2 heterocycles.